The number of pyridine rings is 1. The summed E-state index contributed by atoms with van der Waals surface area (Å²) in [6.45, 7) is 7.31. The minimum atomic E-state index is 0.159. The van der Waals surface area contributed by atoms with Gasteiger partial charge in [0.05, 0.1) is 6.04 Å². The van der Waals surface area contributed by atoms with Crippen LogP contribution in [0, 0.1) is 13.8 Å². The third kappa shape index (κ3) is 2.46. The fraction of sp³-hybridized carbons (Fsp3) is 0.333. The predicted molar refractivity (Wildman–Crippen MR) is 82.0 cm³/mol. The van der Waals surface area contributed by atoms with Crippen molar-refractivity contribution in [2.45, 2.75) is 33.4 Å². The van der Waals surface area contributed by atoms with E-state index < -0.39 is 0 Å². The van der Waals surface area contributed by atoms with Crippen LogP contribution in [-0.4, -0.2) is 14.6 Å². The molecular formula is C15H18N4S. The van der Waals surface area contributed by atoms with Crippen molar-refractivity contribution in [1.29, 1.82) is 0 Å². The van der Waals surface area contributed by atoms with E-state index in [-0.39, 0.29) is 6.04 Å². The molecule has 0 aliphatic rings. The molecule has 3 heterocycles. The third-order valence-electron chi connectivity index (χ3n) is 3.47. The van der Waals surface area contributed by atoms with Crippen LogP contribution < -0.4 is 5.32 Å². The highest BCUT2D eigenvalue weighted by Gasteiger charge is 2.13. The van der Waals surface area contributed by atoms with E-state index in [1.54, 1.807) is 0 Å². The van der Waals surface area contributed by atoms with Crippen LogP contribution in [-0.2, 0) is 6.54 Å². The Morgan fingerprint density at radius 2 is 2.15 bits per heavy atom. The largest absolute Gasteiger partial charge is 0.303 e. The first kappa shape index (κ1) is 13.3. The Hall–Kier alpha value is -1.72. The molecule has 0 saturated heterocycles. The van der Waals surface area contributed by atoms with E-state index in [1.165, 1.54) is 15.3 Å². The second-order valence-corrected chi connectivity index (χ2v) is 6.49. The maximum atomic E-state index is 4.29. The standard InChI is InChI=1S/C15H18N4S/c1-10-8-13(12(3)20-10)9-16-11(2)15-18-17-14-6-4-5-7-19(14)15/h4-8,11,16H,9H2,1-3H3. The molecule has 104 valence electrons. The Balaban J connectivity index is 1.76. The SMILES string of the molecule is Cc1cc(CNC(C)c2nnc3ccccn23)c(C)s1. The predicted octanol–water partition coefficient (Wildman–Crippen LogP) is 3.26. The summed E-state index contributed by atoms with van der Waals surface area (Å²) in [6, 6.07) is 8.35. The zero-order valence-corrected chi connectivity index (χ0v) is 12.7. The average molecular weight is 286 g/mol. The molecular weight excluding hydrogens is 268 g/mol. The van der Waals surface area contributed by atoms with Gasteiger partial charge >= 0.3 is 0 Å². The lowest BCUT2D eigenvalue weighted by atomic mass is 10.2. The topological polar surface area (TPSA) is 42.2 Å². The van der Waals surface area contributed by atoms with Crippen molar-refractivity contribution in [2.75, 3.05) is 0 Å². The van der Waals surface area contributed by atoms with Crippen LogP contribution in [0.15, 0.2) is 30.5 Å². The molecule has 4 nitrogen and oxygen atoms in total. The van der Waals surface area contributed by atoms with Gasteiger partial charge in [0.25, 0.3) is 0 Å². The Kier molecular flexibility index (Phi) is 3.54. The van der Waals surface area contributed by atoms with Crippen LogP contribution in [0.25, 0.3) is 5.65 Å². The molecule has 3 aromatic heterocycles. The van der Waals surface area contributed by atoms with Crippen molar-refractivity contribution in [1.82, 2.24) is 19.9 Å². The zero-order valence-electron chi connectivity index (χ0n) is 11.9. The first-order valence-electron chi connectivity index (χ1n) is 6.74. The van der Waals surface area contributed by atoms with Crippen molar-refractivity contribution in [3.63, 3.8) is 0 Å². The summed E-state index contributed by atoms with van der Waals surface area (Å²) in [4.78, 5) is 2.74. The van der Waals surface area contributed by atoms with E-state index in [1.807, 2.05) is 40.1 Å². The zero-order chi connectivity index (χ0) is 14.1. The van der Waals surface area contributed by atoms with E-state index in [0.717, 1.165) is 18.0 Å². The molecule has 1 N–H and O–H groups in total. The fourth-order valence-corrected chi connectivity index (χ4v) is 3.31. The molecule has 0 fully saturated rings. The second-order valence-electron chi connectivity index (χ2n) is 5.03. The maximum Gasteiger partial charge on any atom is 0.160 e. The van der Waals surface area contributed by atoms with Gasteiger partial charge < -0.3 is 5.32 Å². The van der Waals surface area contributed by atoms with Gasteiger partial charge in [-0.2, -0.15) is 0 Å². The van der Waals surface area contributed by atoms with Gasteiger partial charge in [-0.15, -0.1) is 21.5 Å². The van der Waals surface area contributed by atoms with E-state index in [4.69, 9.17) is 0 Å². The van der Waals surface area contributed by atoms with E-state index in [0.29, 0.717) is 0 Å². The first-order chi connectivity index (χ1) is 9.65. The number of aryl methyl sites for hydroxylation is 2. The minimum absolute atomic E-state index is 0.159. The lowest BCUT2D eigenvalue weighted by molar-refractivity contribution is 0.541. The van der Waals surface area contributed by atoms with Crippen molar-refractivity contribution in [3.05, 3.63) is 51.6 Å². The fourth-order valence-electron chi connectivity index (χ4n) is 2.37. The number of aromatic nitrogens is 3. The summed E-state index contributed by atoms with van der Waals surface area (Å²) in [6.07, 6.45) is 2.00. The van der Waals surface area contributed by atoms with Gasteiger partial charge in [-0.25, -0.2) is 0 Å². The number of hydrogen-bond donors (Lipinski definition) is 1. The van der Waals surface area contributed by atoms with Crippen LogP contribution in [0.3, 0.4) is 0 Å². The van der Waals surface area contributed by atoms with Gasteiger partial charge in [0.1, 0.15) is 0 Å². The highest BCUT2D eigenvalue weighted by atomic mass is 32.1. The molecule has 0 aromatic carbocycles. The first-order valence-corrected chi connectivity index (χ1v) is 7.56. The van der Waals surface area contributed by atoms with Gasteiger partial charge in [0.15, 0.2) is 11.5 Å². The van der Waals surface area contributed by atoms with Gasteiger partial charge in [-0.05, 0) is 44.5 Å². The third-order valence-corrected chi connectivity index (χ3v) is 4.48. The number of nitrogens with one attached hydrogen (secondary N) is 1. The number of hydrogen-bond acceptors (Lipinski definition) is 4. The van der Waals surface area contributed by atoms with Gasteiger partial charge in [-0.3, -0.25) is 4.40 Å². The van der Waals surface area contributed by atoms with Crippen LogP contribution in [0.2, 0.25) is 0 Å². The molecule has 0 amide bonds. The van der Waals surface area contributed by atoms with Crippen LogP contribution in [0.4, 0.5) is 0 Å². The summed E-state index contributed by atoms with van der Waals surface area (Å²) >= 11 is 1.85. The maximum absolute atomic E-state index is 4.29. The Morgan fingerprint density at radius 3 is 2.90 bits per heavy atom. The Morgan fingerprint density at radius 1 is 1.30 bits per heavy atom. The number of nitrogens with zero attached hydrogens (tertiary/aromatic N) is 3. The molecule has 0 aliphatic heterocycles. The Labute approximate surface area is 122 Å². The second kappa shape index (κ2) is 5.34. The molecule has 0 saturated carbocycles. The summed E-state index contributed by atoms with van der Waals surface area (Å²) in [5.41, 5.74) is 2.26. The van der Waals surface area contributed by atoms with E-state index in [2.05, 4.69) is 42.4 Å². The molecule has 0 aliphatic carbocycles. The Bertz CT molecular complexity index is 728. The monoisotopic (exact) mass is 286 g/mol. The van der Waals surface area contributed by atoms with E-state index >= 15 is 0 Å². The number of rotatable bonds is 4. The van der Waals surface area contributed by atoms with Crippen molar-refractivity contribution in [3.8, 4) is 0 Å². The number of fused-ring (bicyclic) bond motifs is 1. The molecule has 3 aromatic rings. The normalized spacial score (nSPS) is 12.9. The molecule has 0 spiro atoms. The van der Waals surface area contributed by atoms with Crippen molar-refractivity contribution < 1.29 is 0 Å². The molecule has 1 atom stereocenters. The lowest BCUT2D eigenvalue weighted by Gasteiger charge is -2.12. The lowest BCUT2D eigenvalue weighted by Crippen LogP contribution is -2.20. The van der Waals surface area contributed by atoms with Crippen molar-refractivity contribution in [2.24, 2.45) is 0 Å². The van der Waals surface area contributed by atoms with Crippen molar-refractivity contribution >= 4 is 17.0 Å². The smallest absolute Gasteiger partial charge is 0.160 e. The highest BCUT2D eigenvalue weighted by molar-refractivity contribution is 7.12. The van der Waals surface area contributed by atoms with Crippen LogP contribution >= 0.6 is 11.3 Å². The summed E-state index contributed by atoms with van der Waals surface area (Å²) in [7, 11) is 0. The summed E-state index contributed by atoms with van der Waals surface area (Å²) < 4.78 is 2.03. The van der Waals surface area contributed by atoms with Crippen LogP contribution in [0.5, 0.6) is 0 Å². The molecule has 0 bridgehead atoms. The summed E-state index contributed by atoms with van der Waals surface area (Å²) in [5.74, 6) is 0.949. The molecule has 3 rings (SSSR count). The summed E-state index contributed by atoms with van der Waals surface area (Å²) in [5, 5.41) is 12.0. The van der Waals surface area contributed by atoms with Crippen LogP contribution in [0.1, 0.15) is 34.1 Å². The molecule has 5 heteroatoms. The average Bonchev–Trinajstić information content (AvgIpc) is 2.99. The highest BCUT2D eigenvalue weighted by Crippen LogP contribution is 2.21. The quantitative estimate of drug-likeness (QED) is 0.800. The van der Waals surface area contributed by atoms with Gasteiger partial charge in [0, 0.05) is 22.5 Å². The van der Waals surface area contributed by atoms with Gasteiger partial charge in [0.2, 0.25) is 0 Å². The molecule has 1 unspecified atom stereocenters. The molecule has 20 heavy (non-hydrogen) atoms. The van der Waals surface area contributed by atoms with Gasteiger partial charge in [-0.1, -0.05) is 6.07 Å². The van der Waals surface area contributed by atoms with E-state index in [9.17, 15) is 0 Å². The number of thiophene rings is 1. The minimum Gasteiger partial charge on any atom is -0.303 e. The molecule has 0 radical (unpaired) electrons.